The minimum atomic E-state index is -0.620. The molecule has 1 aliphatic heterocycles. The molecule has 0 saturated carbocycles. The fraction of sp³-hybridized carbons (Fsp3) is 0.0441. The molecule has 0 amide bonds. The van der Waals surface area contributed by atoms with Crippen LogP contribution in [0.15, 0.2) is 282 Å². The van der Waals surface area contributed by atoms with Gasteiger partial charge in [-0.05, 0) is 125 Å². The normalized spacial score (nSPS) is 14.5. The van der Waals surface area contributed by atoms with Crippen LogP contribution < -0.4 is 0 Å². The Morgan fingerprint density at radius 3 is 1.54 bits per heavy atom. The maximum absolute atomic E-state index is 5.34. The van der Waals surface area contributed by atoms with Crippen LogP contribution in [0.2, 0.25) is 0 Å². The Hall–Kier alpha value is -8.30. The van der Waals surface area contributed by atoms with Crippen LogP contribution in [0.4, 0.5) is 0 Å². The molecular weight excluding hydrogens is 863 g/mol. The molecule has 2 aliphatic carbocycles. The van der Waals surface area contributed by atoms with Gasteiger partial charge in [-0.2, -0.15) is 0 Å². The second-order valence-electron chi connectivity index (χ2n) is 18.5. The predicted molar refractivity (Wildman–Crippen MR) is 292 cm³/mol. The summed E-state index contributed by atoms with van der Waals surface area (Å²) in [5, 5.41) is 0. The van der Waals surface area contributed by atoms with Gasteiger partial charge in [0.05, 0.1) is 23.1 Å². The quantitative estimate of drug-likeness (QED) is 0.109. The van der Waals surface area contributed by atoms with Gasteiger partial charge in [-0.15, -0.1) is 0 Å². The van der Waals surface area contributed by atoms with Gasteiger partial charge in [0.1, 0.15) is 0 Å². The molecule has 2 heteroatoms. The second kappa shape index (κ2) is 17.0. The molecule has 0 N–H and O–H groups in total. The summed E-state index contributed by atoms with van der Waals surface area (Å²) in [7, 11) is 0. The van der Waals surface area contributed by atoms with E-state index in [9.17, 15) is 0 Å². The zero-order valence-corrected chi connectivity index (χ0v) is 39.4. The lowest BCUT2D eigenvalue weighted by atomic mass is 9.51. The van der Waals surface area contributed by atoms with E-state index in [0.29, 0.717) is 6.54 Å². The minimum Gasteiger partial charge on any atom is -0.280 e. The number of aliphatic imine (C=N–C) groups is 1. The average Bonchev–Trinajstić information content (AvgIpc) is 3.73. The second-order valence-corrected chi connectivity index (χ2v) is 19.6. The molecule has 10 aromatic carbocycles. The highest BCUT2D eigenvalue weighted by molar-refractivity contribution is 7.99. The lowest BCUT2D eigenvalue weighted by molar-refractivity contribution is 0.606. The fourth-order valence-electron chi connectivity index (χ4n) is 12.0. The first-order valence-electron chi connectivity index (χ1n) is 24.2. The Morgan fingerprint density at radius 1 is 0.400 bits per heavy atom. The minimum absolute atomic E-state index is 0.500. The van der Waals surface area contributed by atoms with Crippen LogP contribution in [0.5, 0.6) is 0 Å². The van der Waals surface area contributed by atoms with Crippen molar-refractivity contribution in [2.45, 2.75) is 27.2 Å². The Morgan fingerprint density at radius 2 is 0.900 bits per heavy atom. The van der Waals surface area contributed by atoms with Gasteiger partial charge >= 0.3 is 0 Å². The maximum atomic E-state index is 5.34. The fourth-order valence-corrected chi connectivity index (χ4v) is 13.2. The molecule has 3 aliphatic rings. The Labute approximate surface area is 414 Å². The van der Waals surface area contributed by atoms with Crippen molar-refractivity contribution in [3.63, 3.8) is 0 Å². The van der Waals surface area contributed by atoms with Crippen molar-refractivity contribution in [3.8, 4) is 33.4 Å². The molecule has 0 bridgehead atoms. The maximum Gasteiger partial charge on any atom is 0.0730 e. The molecule has 70 heavy (non-hydrogen) atoms. The number of hydrogen-bond donors (Lipinski definition) is 0. The van der Waals surface area contributed by atoms with E-state index < -0.39 is 10.8 Å². The van der Waals surface area contributed by atoms with Crippen molar-refractivity contribution < 1.29 is 0 Å². The molecule has 0 atom stereocenters. The third-order valence-electron chi connectivity index (χ3n) is 14.9. The van der Waals surface area contributed by atoms with Crippen molar-refractivity contribution in [1.29, 1.82) is 0 Å². The lowest BCUT2D eigenvalue weighted by Crippen LogP contribution is -2.45. The summed E-state index contributed by atoms with van der Waals surface area (Å²) in [6, 6.07) is 91.9. The highest BCUT2D eigenvalue weighted by Crippen LogP contribution is 2.67. The number of benzene rings is 10. The Kier molecular flexibility index (Phi) is 10.2. The first-order valence-corrected chi connectivity index (χ1v) is 25.0. The smallest absolute Gasteiger partial charge is 0.0730 e. The Balaban J connectivity index is 1.02. The van der Waals surface area contributed by atoms with Gasteiger partial charge in [0.15, 0.2) is 0 Å². The standard InChI is InChI=1S/C68H47NS/c1-2-47(44-64(69-45-46-22-5-3-6-23-46)51-27-21-26-49(42-51)48-24-7-4-8-25-48)52-28-9-10-29-53(52)50-40-41-66-63(43-50)68(62-38-19-20-39-65(62)70-66)60-36-17-15-34-58(60)67(59-35-16-18-37-61(59)68)56-32-13-11-30-54(56)55-31-12-14-33-57(55)67/h2-44H,1,45H2/b47-44+,69-64?. The number of hydrogen-bond acceptors (Lipinski definition) is 2. The van der Waals surface area contributed by atoms with Gasteiger partial charge in [0.25, 0.3) is 0 Å². The molecular formula is C68H47NS. The topological polar surface area (TPSA) is 12.4 Å². The van der Waals surface area contributed by atoms with E-state index in [1.807, 2.05) is 17.8 Å². The van der Waals surface area contributed by atoms with Crippen LogP contribution in [0.25, 0.3) is 39.0 Å². The molecule has 1 heterocycles. The molecule has 2 spiro atoms. The average molecular weight is 910 g/mol. The molecule has 0 radical (unpaired) electrons. The predicted octanol–water partition coefficient (Wildman–Crippen LogP) is 16.8. The van der Waals surface area contributed by atoms with E-state index in [-0.39, 0.29) is 0 Å². The van der Waals surface area contributed by atoms with E-state index in [1.165, 1.54) is 71.0 Å². The molecule has 0 fully saturated rings. The molecule has 13 rings (SSSR count). The van der Waals surface area contributed by atoms with Crippen molar-refractivity contribution in [2.75, 3.05) is 0 Å². The van der Waals surface area contributed by atoms with Crippen LogP contribution in [-0.2, 0) is 17.4 Å². The van der Waals surface area contributed by atoms with Crippen molar-refractivity contribution >= 4 is 23.0 Å². The van der Waals surface area contributed by atoms with Gasteiger partial charge in [0.2, 0.25) is 0 Å². The SMILES string of the molecule is C=C/C(=C\C(=NCc1ccccc1)c1cccc(-c2ccccc2)c1)c1ccccc1-c1ccc2c(c1)C1(c3ccccc3S2)c2ccccc2C2(c3ccccc3-c3ccccc32)c2ccccc21. The van der Waals surface area contributed by atoms with Crippen LogP contribution >= 0.6 is 11.8 Å². The van der Waals surface area contributed by atoms with Gasteiger partial charge in [0, 0.05) is 15.4 Å². The summed E-state index contributed by atoms with van der Waals surface area (Å²) in [4.78, 5) is 7.89. The van der Waals surface area contributed by atoms with Crippen LogP contribution in [0, 0.1) is 0 Å². The highest BCUT2D eigenvalue weighted by atomic mass is 32.2. The summed E-state index contributed by atoms with van der Waals surface area (Å²) in [5.74, 6) is 0. The van der Waals surface area contributed by atoms with Gasteiger partial charge in [-0.3, -0.25) is 4.99 Å². The number of fused-ring (bicyclic) bond motifs is 15. The monoisotopic (exact) mass is 909 g/mol. The number of nitrogens with zero attached hydrogens (tertiary/aromatic N) is 1. The molecule has 1 nitrogen and oxygen atoms in total. The van der Waals surface area contributed by atoms with E-state index in [4.69, 9.17) is 4.99 Å². The first kappa shape index (κ1) is 41.9. The zero-order valence-electron chi connectivity index (χ0n) is 38.6. The van der Waals surface area contributed by atoms with Crippen LogP contribution in [-0.4, -0.2) is 5.71 Å². The van der Waals surface area contributed by atoms with E-state index in [0.717, 1.165) is 44.7 Å². The molecule has 330 valence electrons. The van der Waals surface area contributed by atoms with Gasteiger partial charge in [-0.25, -0.2) is 0 Å². The molecule has 0 unspecified atom stereocenters. The summed E-state index contributed by atoms with van der Waals surface area (Å²) in [5.41, 5.74) is 22.0. The number of rotatable bonds is 8. The molecule has 10 aromatic rings. The zero-order chi connectivity index (χ0) is 46.7. The van der Waals surface area contributed by atoms with Crippen molar-refractivity contribution in [1.82, 2.24) is 0 Å². The summed E-state index contributed by atoms with van der Waals surface area (Å²) < 4.78 is 0. The Bertz CT molecular complexity index is 3650. The number of allylic oxidation sites excluding steroid dienone is 3. The third kappa shape index (κ3) is 6.37. The molecule has 0 aromatic heterocycles. The highest BCUT2D eigenvalue weighted by Gasteiger charge is 2.58. The van der Waals surface area contributed by atoms with Crippen LogP contribution in [0.3, 0.4) is 0 Å². The summed E-state index contributed by atoms with van der Waals surface area (Å²) >= 11 is 1.89. The van der Waals surface area contributed by atoms with Gasteiger partial charge < -0.3 is 0 Å². The molecule has 0 saturated heterocycles. The summed E-state index contributed by atoms with van der Waals surface area (Å²) in [6.45, 7) is 5.01. The van der Waals surface area contributed by atoms with E-state index in [2.05, 4.69) is 261 Å². The lowest BCUT2D eigenvalue weighted by Gasteiger charge is -2.51. The van der Waals surface area contributed by atoms with Crippen LogP contribution in [0.1, 0.15) is 61.2 Å². The van der Waals surface area contributed by atoms with E-state index in [1.54, 1.807) is 0 Å². The van der Waals surface area contributed by atoms with E-state index >= 15 is 0 Å². The largest absolute Gasteiger partial charge is 0.280 e. The third-order valence-corrected chi connectivity index (χ3v) is 16.1. The van der Waals surface area contributed by atoms with Crippen molar-refractivity contribution in [3.05, 3.63) is 329 Å². The summed E-state index contributed by atoms with van der Waals surface area (Å²) in [6.07, 6.45) is 4.23. The van der Waals surface area contributed by atoms with Gasteiger partial charge in [-0.1, -0.05) is 249 Å². The van der Waals surface area contributed by atoms with Crippen molar-refractivity contribution in [2.24, 2.45) is 4.99 Å². The first-order chi connectivity index (χ1) is 34.7.